The molecule has 128 valence electrons. The molecule has 0 heterocycles. The summed E-state index contributed by atoms with van der Waals surface area (Å²) in [4.78, 5) is 24.6. The van der Waals surface area contributed by atoms with Gasteiger partial charge in [-0.05, 0) is 43.5 Å². The Labute approximate surface area is 142 Å². The maximum atomic E-state index is 12.4. The van der Waals surface area contributed by atoms with Crippen molar-refractivity contribution in [2.24, 2.45) is 5.92 Å². The molecule has 0 aromatic heterocycles. The molecule has 0 aliphatic rings. The van der Waals surface area contributed by atoms with E-state index in [4.69, 9.17) is 21.1 Å². The van der Waals surface area contributed by atoms with E-state index in [0.717, 1.165) is 0 Å². The molecular formula is C17H24ClNO4. The molecule has 0 saturated heterocycles. The van der Waals surface area contributed by atoms with Crippen LogP contribution in [0.5, 0.6) is 5.75 Å². The lowest BCUT2D eigenvalue weighted by molar-refractivity contribution is -0.154. The van der Waals surface area contributed by atoms with Gasteiger partial charge in [0, 0.05) is 5.02 Å². The molecule has 6 heteroatoms. The van der Waals surface area contributed by atoms with Gasteiger partial charge in [0.1, 0.15) is 11.3 Å². The highest BCUT2D eigenvalue weighted by Crippen LogP contribution is 2.24. The summed E-state index contributed by atoms with van der Waals surface area (Å²) >= 11 is 5.82. The molecule has 1 rings (SSSR count). The van der Waals surface area contributed by atoms with Crippen LogP contribution in [-0.4, -0.2) is 30.6 Å². The minimum Gasteiger partial charge on any atom is -0.481 e. The van der Waals surface area contributed by atoms with Gasteiger partial charge in [-0.3, -0.25) is 4.79 Å². The normalized spacial score (nSPS) is 14.7. The fourth-order valence-electron chi connectivity index (χ4n) is 2.35. The molecule has 1 aromatic carbocycles. The van der Waals surface area contributed by atoms with Gasteiger partial charge in [0.05, 0.1) is 7.11 Å². The number of rotatable bonds is 7. The zero-order valence-corrected chi connectivity index (χ0v) is 14.9. The van der Waals surface area contributed by atoms with Crippen molar-refractivity contribution >= 4 is 23.5 Å². The Morgan fingerprint density at radius 1 is 1.22 bits per heavy atom. The molecule has 1 N–H and O–H groups in total. The third kappa shape index (κ3) is 4.61. The van der Waals surface area contributed by atoms with E-state index in [1.165, 1.54) is 7.11 Å². The third-order valence-electron chi connectivity index (χ3n) is 3.93. The van der Waals surface area contributed by atoms with Gasteiger partial charge in [-0.15, -0.1) is 0 Å². The summed E-state index contributed by atoms with van der Waals surface area (Å²) in [5.41, 5.74) is -1.07. The van der Waals surface area contributed by atoms with Gasteiger partial charge < -0.3 is 14.8 Å². The topological polar surface area (TPSA) is 64.6 Å². The van der Waals surface area contributed by atoms with Crippen molar-refractivity contribution in [3.8, 4) is 5.75 Å². The van der Waals surface area contributed by atoms with E-state index in [0.29, 0.717) is 17.2 Å². The van der Waals surface area contributed by atoms with Crippen LogP contribution in [0, 0.1) is 5.92 Å². The number of halogens is 1. The molecule has 0 saturated carbocycles. The van der Waals surface area contributed by atoms with E-state index in [1.54, 1.807) is 31.2 Å². The smallest absolute Gasteiger partial charge is 0.331 e. The fraction of sp³-hybridized carbons (Fsp3) is 0.529. The summed E-state index contributed by atoms with van der Waals surface area (Å²) in [6.45, 7) is 7.20. The minimum atomic E-state index is -1.07. The lowest BCUT2D eigenvalue weighted by Gasteiger charge is -2.35. The Hall–Kier alpha value is -1.75. The van der Waals surface area contributed by atoms with Crippen molar-refractivity contribution in [3.05, 3.63) is 29.3 Å². The van der Waals surface area contributed by atoms with E-state index in [1.807, 2.05) is 20.8 Å². The second kappa shape index (κ2) is 8.20. The quantitative estimate of drug-likeness (QED) is 0.773. The molecule has 5 nitrogen and oxygen atoms in total. The van der Waals surface area contributed by atoms with Gasteiger partial charge in [-0.1, -0.05) is 32.4 Å². The Morgan fingerprint density at radius 3 is 2.22 bits per heavy atom. The van der Waals surface area contributed by atoms with Crippen LogP contribution in [0.15, 0.2) is 24.3 Å². The molecule has 1 aromatic rings. The van der Waals surface area contributed by atoms with Crippen molar-refractivity contribution < 1.29 is 19.1 Å². The third-order valence-corrected chi connectivity index (χ3v) is 4.19. The lowest BCUT2D eigenvalue weighted by Crippen LogP contribution is -2.60. The predicted molar refractivity (Wildman–Crippen MR) is 89.6 cm³/mol. The second-order valence-electron chi connectivity index (χ2n) is 5.67. The molecule has 0 aliphatic heterocycles. The monoisotopic (exact) mass is 341 g/mol. The van der Waals surface area contributed by atoms with Gasteiger partial charge in [-0.25, -0.2) is 4.79 Å². The Bertz CT molecular complexity index is 544. The van der Waals surface area contributed by atoms with Crippen LogP contribution in [0.3, 0.4) is 0 Å². The van der Waals surface area contributed by atoms with Crippen LogP contribution < -0.4 is 10.1 Å². The number of amides is 1. The molecule has 0 aliphatic carbocycles. The maximum absolute atomic E-state index is 12.4. The molecular weight excluding hydrogens is 318 g/mol. The molecule has 1 amide bonds. The second-order valence-corrected chi connectivity index (χ2v) is 6.11. The molecule has 0 spiro atoms. The van der Waals surface area contributed by atoms with Gasteiger partial charge in [-0.2, -0.15) is 0 Å². The summed E-state index contributed by atoms with van der Waals surface area (Å²) in [6, 6.07) is 6.73. The van der Waals surface area contributed by atoms with E-state index in [-0.39, 0.29) is 11.8 Å². The SMILES string of the molecule is CCC(NC(=O)C(C)Oc1ccc(Cl)cc1)(C(=O)OC)C(C)C. The first-order valence-electron chi connectivity index (χ1n) is 7.59. The Kier molecular flexibility index (Phi) is 6.88. The highest BCUT2D eigenvalue weighted by atomic mass is 35.5. The van der Waals surface area contributed by atoms with Crippen LogP contribution in [0.4, 0.5) is 0 Å². The molecule has 0 fully saturated rings. The zero-order chi connectivity index (χ0) is 17.6. The minimum absolute atomic E-state index is 0.119. The first-order chi connectivity index (χ1) is 10.8. The number of methoxy groups -OCH3 is 1. The standard InChI is InChI=1S/C17H24ClNO4/c1-6-17(11(2)3,16(21)22-5)19-15(20)12(4)23-14-9-7-13(18)8-10-14/h7-12H,6H2,1-5H3,(H,19,20). The summed E-state index contributed by atoms with van der Waals surface area (Å²) < 4.78 is 10.5. The van der Waals surface area contributed by atoms with Crippen molar-refractivity contribution in [2.75, 3.05) is 7.11 Å². The number of esters is 1. The number of benzene rings is 1. The largest absolute Gasteiger partial charge is 0.481 e. The number of carbonyl (C=O) groups is 2. The summed E-state index contributed by atoms with van der Waals surface area (Å²) in [7, 11) is 1.31. The first kappa shape index (κ1) is 19.3. The van der Waals surface area contributed by atoms with Crippen LogP contribution in [0.2, 0.25) is 5.02 Å². The number of hydrogen-bond donors (Lipinski definition) is 1. The maximum Gasteiger partial charge on any atom is 0.331 e. The average molecular weight is 342 g/mol. The van der Waals surface area contributed by atoms with Crippen LogP contribution in [0.1, 0.15) is 34.1 Å². The van der Waals surface area contributed by atoms with Gasteiger partial charge in [0.2, 0.25) is 0 Å². The van der Waals surface area contributed by atoms with E-state index < -0.39 is 17.6 Å². The van der Waals surface area contributed by atoms with Gasteiger partial charge >= 0.3 is 5.97 Å². The van der Waals surface area contributed by atoms with Crippen LogP contribution in [-0.2, 0) is 14.3 Å². The number of nitrogens with one attached hydrogen (secondary N) is 1. The molecule has 0 bridgehead atoms. The molecule has 2 atom stereocenters. The summed E-state index contributed by atoms with van der Waals surface area (Å²) in [6.07, 6.45) is -0.331. The van der Waals surface area contributed by atoms with Gasteiger partial charge in [0.15, 0.2) is 6.10 Å². The highest BCUT2D eigenvalue weighted by molar-refractivity contribution is 6.30. The Balaban J connectivity index is 2.85. The molecule has 0 radical (unpaired) electrons. The number of hydrogen-bond acceptors (Lipinski definition) is 4. The highest BCUT2D eigenvalue weighted by Gasteiger charge is 2.43. The number of ether oxygens (including phenoxy) is 2. The van der Waals surface area contributed by atoms with Crippen LogP contribution >= 0.6 is 11.6 Å². The average Bonchev–Trinajstić information content (AvgIpc) is 2.53. The van der Waals surface area contributed by atoms with Crippen molar-refractivity contribution in [2.45, 2.75) is 45.8 Å². The van der Waals surface area contributed by atoms with Crippen LogP contribution in [0.25, 0.3) is 0 Å². The van der Waals surface area contributed by atoms with Crippen molar-refractivity contribution in [1.29, 1.82) is 0 Å². The first-order valence-corrected chi connectivity index (χ1v) is 7.97. The fourth-order valence-corrected chi connectivity index (χ4v) is 2.47. The summed E-state index contributed by atoms with van der Waals surface area (Å²) in [5.74, 6) is -0.420. The lowest BCUT2D eigenvalue weighted by atomic mass is 9.83. The van der Waals surface area contributed by atoms with E-state index in [2.05, 4.69) is 5.32 Å². The molecule has 2 unspecified atom stereocenters. The van der Waals surface area contributed by atoms with E-state index in [9.17, 15) is 9.59 Å². The summed E-state index contributed by atoms with van der Waals surface area (Å²) in [5, 5.41) is 3.39. The van der Waals surface area contributed by atoms with E-state index >= 15 is 0 Å². The number of carbonyl (C=O) groups excluding carboxylic acids is 2. The zero-order valence-electron chi connectivity index (χ0n) is 14.2. The Morgan fingerprint density at radius 2 is 1.78 bits per heavy atom. The predicted octanol–water partition coefficient (Wildman–Crippen LogP) is 3.20. The van der Waals surface area contributed by atoms with Crippen molar-refractivity contribution in [1.82, 2.24) is 5.32 Å². The van der Waals surface area contributed by atoms with Gasteiger partial charge in [0.25, 0.3) is 5.91 Å². The van der Waals surface area contributed by atoms with Crippen molar-refractivity contribution in [3.63, 3.8) is 0 Å². The molecule has 23 heavy (non-hydrogen) atoms.